The van der Waals surface area contributed by atoms with E-state index < -0.39 is 0 Å². The second-order valence-corrected chi connectivity index (χ2v) is 8.09. The number of fused-ring (bicyclic) bond motifs is 1. The van der Waals surface area contributed by atoms with Crippen LogP contribution in [0, 0.1) is 5.92 Å². The van der Waals surface area contributed by atoms with Gasteiger partial charge in [0.15, 0.2) is 0 Å². The van der Waals surface area contributed by atoms with Gasteiger partial charge in [0.25, 0.3) is 0 Å². The average molecular weight is 390 g/mol. The first kappa shape index (κ1) is 18.2. The highest BCUT2D eigenvalue weighted by molar-refractivity contribution is 5.81. The number of hydrogen-bond acceptors (Lipinski definition) is 4. The average Bonchev–Trinajstić information content (AvgIpc) is 3.51. The third-order valence-electron chi connectivity index (χ3n) is 6.12. The van der Waals surface area contributed by atoms with Gasteiger partial charge in [0, 0.05) is 31.7 Å². The number of hydrogen-bond donors (Lipinski definition) is 0. The molecular formula is C23H26N4O2. The van der Waals surface area contributed by atoms with E-state index >= 15 is 0 Å². The molecule has 29 heavy (non-hydrogen) atoms. The van der Waals surface area contributed by atoms with Crippen molar-refractivity contribution in [1.82, 2.24) is 19.2 Å². The molecule has 0 radical (unpaired) electrons. The van der Waals surface area contributed by atoms with Crippen LogP contribution in [0.1, 0.15) is 24.6 Å². The van der Waals surface area contributed by atoms with E-state index in [1.807, 2.05) is 29.2 Å². The third kappa shape index (κ3) is 3.38. The van der Waals surface area contributed by atoms with Crippen LogP contribution in [0.25, 0.3) is 16.9 Å². The second kappa shape index (κ2) is 7.19. The second-order valence-electron chi connectivity index (χ2n) is 8.09. The lowest BCUT2D eigenvalue weighted by molar-refractivity contribution is -0.135. The Morgan fingerprint density at radius 2 is 1.90 bits per heavy atom. The SMILES string of the molecule is COc1ccc(-c2cccc3nc([C@H]4CN(C(=O)C5CC5)CCN4C)cn23)cc1. The fraction of sp³-hybridized carbons (Fsp3) is 0.391. The number of ether oxygens (including phenoxy) is 1. The lowest BCUT2D eigenvalue weighted by atomic mass is 10.1. The molecule has 6 heteroatoms. The summed E-state index contributed by atoms with van der Waals surface area (Å²) in [5, 5.41) is 0. The predicted octanol–water partition coefficient (Wildman–Crippen LogP) is 3.24. The van der Waals surface area contributed by atoms with E-state index in [1.54, 1.807) is 7.11 Å². The molecule has 0 unspecified atom stereocenters. The Labute approximate surface area is 170 Å². The highest BCUT2D eigenvalue weighted by Crippen LogP contribution is 2.33. The van der Waals surface area contributed by atoms with Gasteiger partial charge in [0.2, 0.25) is 5.91 Å². The molecule has 3 aromatic rings. The van der Waals surface area contributed by atoms with Gasteiger partial charge in [0.1, 0.15) is 11.4 Å². The lowest BCUT2D eigenvalue weighted by Crippen LogP contribution is -2.49. The van der Waals surface area contributed by atoms with Gasteiger partial charge in [0.05, 0.1) is 24.5 Å². The van der Waals surface area contributed by atoms with Crippen molar-refractivity contribution in [3.63, 3.8) is 0 Å². The Morgan fingerprint density at radius 1 is 1.10 bits per heavy atom. The number of benzene rings is 1. The van der Waals surface area contributed by atoms with E-state index in [1.165, 1.54) is 0 Å². The van der Waals surface area contributed by atoms with Crippen LogP contribution in [0.5, 0.6) is 5.75 Å². The Hall–Kier alpha value is -2.86. The molecule has 2 aliphatic rings. The molecule has 1 saturated carbocycles. The zero-order valence-corrected chi connectivity index (χ0v) is 16.9. The number of carbonyl (C=O) groups is 1. The van der Waals surface area contributed by atoms with E-state index in [0.717, 1.165) is 54.3 Å². The van der Waals surface area contributed by atoms with Crippen molar-refractivity contribution in [3.05, 3.63) is 54.4 Å². The summed E-state index contributed by atoms with van der Waals surface area (Å²) in [6, 6.07) is 14.4. The fourth-order valence-electron chi connectivity index (χ4n) is 4.17. The van der Waals surface area contributed by atoms with Gasteiger partial charge in [-0.2, -0.15) is 0 Å². The molecule has 1 aliphatic carbocycles. The molecule has 2 fully saturated rings. The number of imidazole rings is 1. The molecule has 5 rings (SSSR count). The zero-order chi connectivity index (χ0) is 20.0. The third-order valence-corrected chi connectivity index (χ3v) is 6.12. The van der Waals surface area contributed by atoms with Crippen LogP contribution in [0.4, 0.5) is 0 Å². The number of carbonyl (C=O) groups excluding carboxylic acids is 1. The molecule has 1 aliphatic heterocycles. The quantitative estimate of drug-likeness (QED) is 0.686. The molecule has 150 valence electrons. The minimum Gasteiger partial charge on any atom is -0.497 e. The van der Waals surface area contributed by atoms with Crippen molar-refractivity contribution in [3.8, 4) is 17.0 Å². The van der Waals surface area contributed by atoms with E-state index in [2.05, 4.69) is 40.7 Å². The first-order valence-corrected chi connectivity index (χ1v) is 10.3. The maximum absolute atomic E-state index is 12.6. The molecule has 1 aromatic carbocycles. The van der Waals surface area contributed by atoms with E-state index in [4.69, 9.17) is 9.72 Å². The number of nitrogens with zero attached hydrogens (tertiary/aromatic N) is 4. The molecule has 0 bridgehead atoms. The Balaban J connectivity index is 1.48. The largest absolute Gasteiger partial charge is 0.497 e. The highest BCUT2D eigenvalue weighted by Gasteiger charge is 2.37. The smallest absolute Gasteiger partial charge is 0.225 e. The summed E-state index contributed by atoms with van der Waals surface area (Å²) in [5.41, 5.74) is 4.14. The van der Waals surface area contributed by atoms with Gasteiger partial charge < -0.3 is 9.64 Å². The van der Waals surface area contributed by atoms with Crippen LogP contribution in [-0.4, -0.2) is 58.9 Å². The predicted molar refractivity (Wildman–Crippen MR) is 112 cm³/mol. The number of pyridine rings is 1. The summed E-state index contributed by atoms with van der Waals surface area (Å²) in [5.74, 6) is 1.43. The minimum atomic E-state index is 0.120. The minimum absolute atomic E-state index is 0.120. The van der Waals surface area contributed by atoms with Crippen molar-refractivity contribution in [2.75, 3.05) is 33.8 Å². The van der Waals surface area contributed by atoms with Crippen LogP contribution in [-0.2, 0) is 4.79 Å². The van der Waals surface area contributed by atoms with Gasteiger partial charge >= 0.3 is 0 Å². The lowest BCUT2D eigenvalue weighted by Gasteiger charge is -2.38. The number of methoxy groups -OCH3 is 1. The van der Waals surface area contributed by atoms with Crippen LogP contribution in [0.2, 0.25) is 0 Å². The summed E-state index contributed by atoms with van der Waals surface area (Å²) in [6.45, 7) is 2.41. The monoisotopic (exact) mass is 390 g/mol. The summed E-state index contributed by atoms with van der Waals surface area (Å²) >= 11 is 0. The first-order chi connectivity index (χ1) is 14.1. The number of amides is 1. The Morgan fingerprint density at radius 3 is 2.62 bits per heavy atom. The Bertz CT molecular complexity index is 1040. The summed E-state index contributed by atoms with van der Waals surface area (Å²) in [6.07, 6.45) is 4.23. The van der Waals surface area contributed by atoms with E-state index in [-0.39, 0.29) is 12.0 Å². The standard InChI is InChI=1S/C23H26N4O2/c1-25-12-13-26(23(28)17-6-7-17)15-21(25)19-14-27-20(4-3-5-22(27)24-19)16-8-10-18(29-2)11-9-16/h3-5,8-11,14,17,21H,6-7,12-13,15H2,1-2H3/t21-/m1/s1. The maximum atomic E-state index is 12.6. The molecule has 0 N–H and O–H groups in total. The molecule has 0 spiro atoms. The fourth-order valence-corrected chi connectivity index (χ4v) is 4.17. The van der Waals surface area contributed by atoms with Crippen molar-refractivity contribution < 1.29 is 9.53 Å². The summed E-state index contributed by atoms with van der Waals surface area (Å²) in [4.78, 5) is 21.8. The van der Waals surface area contributed by atoms with E-state index in [0.29, 0.717) is 12.5 Å². The van der Waals surface area contributed by atoms with Crippen LogP contribution in [0.3, 0.4) is 0 Å². The van der Waals surface area contributed by atoms with E-state index in [9.17, 15) is 4.79 Å². The topological polar surface area (TPSA) is 50.1 Å². The molecular weight excluding hydrogens is 364 g/mol. The van der Waals surface area contributed by atoms with Gasteiger partial charge in [-0.25, -0.2) is 4.98 Å². The molecule has 6 nitrogen and oxygen atoms in total. The normalized spacial score (nSPS) is 20.2. The van der Waals surface area contributed by atoms with Crippen molar-refractivity contribution in [2.24, 2.45) is 5.92 Å². The maximum Gasteiger partial charge on any atom is 0.225 e. The van der Waals surface area contributed by atoms with Crippen molar-refractivity contribution in [1.29, 1.82) is 0 Å². The van der Waals surface area contributed by atoms with Gasteiger partial charge in [-0.15, -0.1) is 0 Å². The summed E-state index contributed by atoms with van der Waals surface area (Å²) in [7, 11) is 3.80. The molecule has 3 heterocycles. The number of aromatic nitrogens is 2. The number of rotatable bonds is 4. The molecule has 1 saturated heterocycles. The van der Waals surface area contributed by atoms with Gasteiger partial charge in [-0.3, -0.25) is 14.1 Å². The van der Waals surface area contributed by atoms with Crippen molar-refractivity contribution >= 4 is 11.6 Å². The van der Waals surface area contributed by atoms with Crippen LogP contribution < -0.4 is 4.74 Å². The first-order valence-electron chi connectivity index (χ1n) is 10.3. The zero-order valence-electron chi connectivity index (χ0n) is 16.9. The number of likely N-dealkylation sites (N-methyl/N-ethyl adjacent to an activating group) is 1. The molecule has 2 aromatic heterocycles. The van der Waals surface area contributed by atoms with Gasteiger partial charge in [-0.1, -0.05) is 6.07 Å². The summed E-state index contributed by atoms with van der Waals surface area (Å²) < 4.78 is 7.43. The highest BCUT2D eigenvalue weighted by atomic mass is 16.5. The van der Waals surface area contributed by atoms with Crippen molar-refractivity contribution in [2.45, 2.75) is 18.9 Å². The number of piperazine rings is 1. The molecule has 1 atom stereocenters. The molecule has 1 amide bonds. The van der Waals surface area contributed by atoms with Gasteiger partial charge in [-0.05, 0) is 61.9 Å². The van der Waals surface area contributed by atoms with Crippen LogP contribution >= 0.6 is 0 Å². The Kier molecular flexibility index (Phi) is 4.51. The van der Waals surface area contributed by atoms with Crippen LogP contribution in [0.15, 0.2) is 48.7 Å².